The number of rotatable bonds is 2. The number of pyridine rings is 1. The Kier molecular flexibility index (Phi) is 2.72. The molecule has 1 heterocycles. The van der Waals surface area contributed by atoms with Gasteiger partial charge in [0.15, 0.2) is 5.75 Å². The van der Waals surface area contributed by atoms with E-state index < -0.39 is 10.5 Å². The summed E-state index contributed by atoms with van der Waals surface area (Å²) in [5.74, 6) is 0.0939. The van der Waals surface area contributed by atoms with E-state index in [9.17, 15) is 14.9 Å². The molecule has 2 aromatic rings. The number of nitrogens with zero attached hydrogens (tertiary/aromatic N) is 1. The highest BCUT2D eigenvalue weighted by atomic mass is 35.5. The monoisotopic (exact) mass is 254 g/mol. The van der Waals surface area contributed by atoms with Crippen LogP contribution in [-0.2, 0) is 0 Å². The number of halogens is 1. The van der Waals surface area contributed by atoms with Crippen LogP contribution in [0, 0.1) is 10.1 Å². The van der Waals surface area contributed by atoms with Crippen molar-refractivity contribution >= 4 is 28.2 Å². The first-order chi connectivity index (χ1) is 8.02. The lowest BCUT2D eigenvalue weighted by molar-refractivity contribution is -0.385. The van der Waals surface area contributed by atoms with Gasteiger partial charge >= 0.3 is 5.69 Å². The van der Waals surface area contributed by atoms with Gasteiger partial charge in [0.2, 0.25) is 5.56 Å². The number of hydrogen-bond acceptors (Lipinski definition) is 4. The predicted molar refractivity (Wildman–Crippen MR) is 62.8 cm³/mol. The van der Waals surface area contributed by atoms with Crippen molar-refractivity contribution < 1.29 is 9.66 Å². The molecule has 0 aliphatic rings. The van der Waals surface area contributed by atoms with E-state index in [-0.39, 0.29) is 16.5 Å². The topological polar surface area (TPSA) is 85.2 Å². The molecular weight excluding hydrogens is 248 g/mol. The molecule has 0 radical (unpaired) electrons. The Bertz CT molecular complexity index is 665. The van der Waals surface area contributed by atoms with Crippen molar-refractivity contribution in [3.05, 3.63) is 43.7 Å². The van der Waals surface area contributed by atoms with Gasteiger partial charge in [-0.3, -0.25) is 14.9 Å². The molecule has 0 saturated heterocycles. The Hall–Kier alpha value is -2.08. The van der Waals surface area contributed by atoms with Gasteiger partial charge in [-0.15, -0.1) is 0 Å². The van der Waals surface area contributed by atoms with Crippen molar-refractivity contribution in [2.75, 3.05) is 7.11 Å². The maximum Gasteiger partial charge on any atom is 0.313 e. The Morgan fingerprint density at radius 1 is 1.41 bits per heavy atom. The molecule has 7 heteroatoms. The van der Waals surface area contributed by atoms with Crippen molar-refractivity contribution in [1.29, 1.82) is 0 Å². The number of fused-ring (bicyclic) bond motifs is 1. The second-order valence-electron chi connectivity index (χ2n) is 3.31. The molecule has 1 N–H and O–H groups in total. The van der Waals surface area contributed by atoms with E-state index in [4.69, 9.17) is 16.3 Å². The van der Waals surface area contributed by atoms with Crippen LogP contribution in [0.5, 0.6) is 5.75 Å². The minimum Gasteiger partial charge on any atom is -0.490 e. The Balaban J connectivity index is 2.87. The largest absolute Gasteiger partial charge is 0.490 e. The molecule has 0 unspecified atom stereocenters. The zero-order chi connectivity index (χ0) is 12.6. The second-order valence-corrected chi connectivity index (χ2v) is 3.72. The van der Waals surface area contributed by atoms with Crippen LogP contribution < -0.4 is 10.3 Å². The number of nitrogens with one attached hydrogen (secondary N) is 1. The van der Waals surface area contributed by atoms with Crippen LogP contribution in [0.25, 0.3) is 10.9 Å². The molecule has 0 bridgehead atoms. The number of aromatic nitrogens is 1. The summed E-state index contributed by atoms with van der Waals surface area (Å²) in [7, 11) is 1.33. The second kappa shape index (κ2) is 4.06. The third-order valence-electron chi connectivity index (χ3n) is 2.29. The molecule has 0 atom stereocenters. The van der Waals surface area contributed by atoms with E-state index in [1.807, 2.05) is 0 Å². The fraction of sp³-hybridized carbons (Fsp3) is 0.100. The number of H-pyrrole nitrogens is 1. The molecule has 2 rings (SSSR count). The highest BCUT2D eigenvalue weighted by Crippen LogP contribution is 2.33. The van der Waals surface area contributed by atoms with Crippen molar-refractivity contribution in [1.82, 2.24) is 4.98 Å². The molecule has 1 aromatic heterocycles. The average molecular weight is 255 g/mol. The number of ether oxygens (including phenoxy) is 1. The molecule has 1 aromatic carbocycles. The molecule has 0 saturated carbocycles. The summed E-state index contributed by atoms with van der Waals surface area (Å²) >= 11 is 5.88. The van der Waals surface area contributed by atoms with E-state index in [0.717, 1.165) is 0 Å². The smallest absolute Gasteiger partial charge is 0.313 e. The fourth-order valence-electron chi connectivity index (χ4n) is 1.54. The molecule has 0 spiro atoms. The average Bonchev–Trinajstić information content (AvgIpc) is 2.27. The summed E-state index contributed by atoms with van der Waals surface area (Å²) in [5, 5.41) is 11.5. The quantitative estimate of drug-likeness (QED) is 0.657. The fourth-order valence-corrected chi connectivity index (χ4v) is 1.79. The molecule has 0 aliphatic heterocycles. The lowest BCUT2D eigenvalue weighted by Gasteiger charge is -2.05. The first-order valence-electron chi connectivity index (χ1n) is 4.58. The van der Waals surface area contributed by atoms with Gasteiger partial charge in [0.05, 0.1) is 22.6 Å². The predicted octanol–water partition coefficient (Wildman–Crippen LogP) is 2.10. The number of benzene rings is 1. The summed E-state index contributed by atoms with van der Waals surface area (Å²) in [6, 6.07) is 3.85. The van der Waals surface area contributed by atoms with Crippen LogP contribution in [0.1, 0.15) is 0 Å². The molecule has 17 heavy (non-hydrogen) atoms. The Morgan fingerprint density at radius 3 is 2.71 bits per heavy atom. The third kappa shape index (κ3) is 1.94. The standard InChI is InChI=1S/C10H7ClN2O4/c1-17-9-2-5-6(11)3-10(14)12-7(5)4-8(9)13(15)16/h2-4H,1H3,(H,12,14). The Labute approximate surface area is 99.9 Å². The summed E-state index contributed by atoms with van der Waals surface area (Å²) < 4.78 is 4.91. The number of nitro groups is 1. The van der Waals surface area contributed by atoms with Gasteiger partial charge < -0.3 is 9.72 Å². The highest BCUT2D eigenvalue weighted by Gasteiger charge is 2.17. The summed E-state index contributed by atoms with van der Waals surface area (Å²) in [4.78, 5) is 23.9. The van der Waals surface area contributed by atoms with E-state index in [1.54, 1.807) is 0 Å². The van der Waals surface area contributed by atoms with Crippen LogP contribution >= 0.6 is 11.6 Å². The number of nitro benzene ring substituents is 1. The molecule has 0 amide bonds. The van der Waals surface area contributed by atoms with Gasteiger partial charge in [-0.05, 0) is 6.07 Å². The number of aromatic amines is 1. The van der Waals surface area contributed by atoms with Gasteiger partial charge in [-0.1, -0.05) is 11.6 Å². The van der Waals surface area contributed by atoms with Crippen molar-refractivity contribution in [3.8, 4) is 5.75 Å². The lowest BCUT2D eigenvalue weighted by atomic mass is 10.2. The minimum absolute atomic E-state index is 0.0939. The van der Waals surface area contributed by atoms with Gasteiger partial charge in [0.1, 0.15) is 0 Å². The Morgan fingerprint density at radius 2 is 2.12 bits per heavy atom. The van der Waals surface area contributed by atoms with Crippen LogP contribution in [-0.4, -0.2) is 17.0 Å². The van der Waals surface area contributed by atoms with Crippen molar-refractivity contribution in [2.45, 2.75) is 0 Å². The van der Waals surface area contributed by atoms with Gasteiger partial charge in [0, 0.05) is 17.5 Å². The molecule has 6 nitrogen and oxygen atoms in total. The highest BCUT2D eigenvalue weighted by molar-refractivity contribution is 6.35. The maximum absolute atomic E-state index is 11.2. The first-order valence-corrected chi connectivity index (χ1v) is 4.95. The maximum atomic E-state index is 11.2. The van der Waals surface area contributed by atoms with E-state index in [0.29, 0.717) is 10.9 Å². The van der Waals surface area contributed by atoms with Crippen LogP contribution in [0.2, 0.25) is 5.02 Å². The number of methoxy groups -OCH3 is 1. The minimum atomic E-state index is -0.586. The van der Waals surface area contributed by atoms with Crippen molar-refractivity contribution in [3.63, 3.8) is 0 Å². The molecule has 88 valence electrons. The van der Waals surface area contributed by atoms with Gasteiger partial charge in [0.25, 0.3) is 0 Å². The molecule has 0 fully saturated rings. The zero-order valence-corrected chi connectivity index (χ0v) is 9.45. The zero-order valence-electron chi connectivity index (χ0n) is 8.69. The van der Waals surface area contributed by atoms with Crippen molar-refractivity contribution in [2.24, 2.45) is 0 Å². The van der Waals surface area contributed by atoms with E-state index >= 15 is 0 Å². The van der Waals surface area contributed by atoms with Crippen LogP contribution in [0.4, 0.5) is 5.69 Å². The van der Waals surface area contributed by atoms with E-state index in [2.05, 4.69) is 4.98 Å². The van der Waals surface area contributed by atoms with E-state index in [1.165, 1.54) is 25.3 Å². The SMILES string of the molecule is COc1cc2c(Cl)cc(=O)[nH]c2cc1[N+](=O)[O-]. The van der Waals surface area contributed by atoms with Gasteiger partial charge in [-0.2, -0.15) is 0 Å². The third-order valence-corrected chi connectivity index (χ3v) is 2.60. The first kappa shape index (κ1) is 11.4. The normalized spacial score (nSPS) is 10.5. The summed E-state index contributed by atoms with van der Waals surface area (Å²) in [5.41, 5.74) is -0.338. The van der Waals surface area contributed by atoms with Crippen LogP contribution in [0.3, 0.4) is 0 Å². The van der Waals surface area contributed by atoms with Gasteiger partial charge in [-0.25, -0.2) is 0 Å². The summed E-state index contributed by atoms with van der Waals surface area (Å²) in [6.07, 6.45) is 0. The number of hydrogen-bond donors (Lipinski definition) is 1. The van der Waals surface area contributed by atoms with Crippen LogP contribution in [0.15, 0.2) is 23.0 Å². The summed E-state index contributed by atoms with van der Waals surface area (Å²) in [6.45, 7) is 0. The lowest BCUT2D eigenvalue weighted by Crippen LogP contribution is -2.04. The molecular formula is C10H7ClN2O4. The molecule has 0 aliphatic carbocycles.